The summed E-state index contributed by atoms with van der Waals surface area (Å²) in [5.41, 5.74) is 0.302. The maximum absolute atomic E-state index is 12.3. The highest BCUT2D eigenvalue weighted by Crippen LogP contribution is 2.28. The van der Waals surface area contributed by atoms with E-state index in [1.165, 1.54) is 37.4 Å². The van der Waals surface area contributed by atoms with Crippen molar-refractivity contribution in [3.8, 4) is 5.75 Å². The van der Waals surface area contributed by atoms with Gasteiger partial charge in [0, 0.05) is 5.38 Å². The number of ether oxygens (including phenoxy) is 1. The van der Waals surface area contributed by atoms with Crippen LogP contribution < -0.4 is 10.0 Å². The zero-order valence-corrected chi connectivity index (χ0v) is 17.3. The Morgan fingerprint density at radius 2 is 1.87 bits per heavy atom. The van der Waals surface area contributed by atoms with Crippen molar-refractivity contribution in [3.05, 3.63) is 65.2 Å². The number of amides is 1. The van der Waals surface area contributed by atoms with Crippen molar-refractivity contribution in [2.75, 3.05) is 17.1 Å². The number of carbonyl (C=O) groups is 2. The van der Waals surface area contributed by atoms with E-state index in [0.29, 0.717) is 5.69 Å². The van der Waals surface area contributed by atoms with Crippen LogP contribution in [0.1, 0.15) is 16.1 Å². The molecule has 0 atom stereocenters. The molecule has 0 fully saturated rings. The molecule has 1 heterocycles. The van der Waals surface area contributed by atoms with Gasteiger partial charge in [-0.25, -0.2) is 18.2 Å². The molecule has 0 radical (unpaired) electrons. The lowest BCUT2D eigenvalue weighted by Gasteiger charge is -2.09. The molecule has 1 aromatic heterocycles. The molecule has 3 rings (SSSR count). The van der Waals surface area contributed by atoms with Gasteiger partial charge in [-0.05, 0) is 24.3 Å². The van der Waals surface area contributed by atoms with Crippen molar-refractivity contribution in [1.29, 1.82) is 0 Å². The average molecular weight is 447 g/mol. The third-order valence-corrected chi connectivity index (χ3v) is 6.17. The van der Waals surface area contributed by atoms with E-state index in [4.69, 9.17) is 0 Å². The highest BCUT2D eigenvalue weighted by atomic mass is 32.2. The number of nitrogens with one attached hydrogen (secondary N) is 2. The van der Waals surface area contributed by atoms with E-state index < -0.39 is 27.6 Å². The van der Waals surface area contributed by atoms with Crippen LogP contribution in [0, 0.1) is 0 Å². The number of phenolic OH excluding ortho intramolecular Hbond substituents is 1. The van der Waals surface area contributed by atoms with Crippen molar-refractivity contribution in [3.63, 3.8) is 0 Å². The van der Waals surface area contributed by atoms with Gasteiger partial charge >= 0.3 is 5.97 Å². The molecule has 0 aliphatic heterocycles. The summed E-state index contributed by atoms with van der Waals surface area (Å²) in [6.45, 7) is 0. The molecule has 0 unspecified atom stereocenters. The first-order chi connectivity index (χ1) is 14.3. The summed E-state index contributed by atoms with van der Waals surface area (Å²) < 4.78 is 31.6. The van der Waals surface area contributed by atoms with Crippen LogP contribution in [-0.4, -0.2) is 37.5 Å². The number of benzene rings is 2. The molecule has 0 bridgehead atoms. The second kappa shape index (κ2) is 8.93. The monoisotopic (exact) mass is 447 g/mol. The number of hydrogen-bond donors (Lipinski definition) is 3. The van der Waals surface area contributed by atoms with Crippen molar-refractivity contribution in [2.45, 2.75) is 11.3 Å². The Hall–Kier alpha value is -3.44. The number of aromatic nitrogens is 1. The minimum Gasteiger partial charge on any atom is -0.505 e. The van der Waals surface area contributed by atoms with Crippen LogP contribution in [0.3, 0.4) is 0 Å². The normalized spacial score (nSPS) is 11.0. The maximum Gasteiger partial charge on any atom is 0.341 e. The number of para-hydroxylation sites is 1. The van der Waals surface area contributed by atoms with E-state index in [9.17, 15) is 23.1 Å². The lowest BCUT2D eigenvalue weighted by atomic mass is 10.1. The van der Waals surface area contributed by atoms with Gasteiger partial charge in [0.25, 0.3) is 10.0 Å². The topological polar surface area (TPSA) is 135 Å². The highest BCUT2D eigenvalue weighted by Gasteiger charge is 2.18. The lowest BCUT2D eigenvalue weighted by molar-refractivity contribution is -0.115. The molecule has 3 aromatic rings. The Morgan fingerprint density at radius 1 is 1.13 bits per heavy atom. The second-order valence-corrected chi connectivity index (χ2v) is 8.52. The largest absolute Gasteiger partial charge is 0.505 e. The Kier molecular flexibility index (Phi) is 6.33. The third-order valence-electron chi connectivity index (χ3n) is 3.88. The summed E-state index contributed by atoms with van der Waals surface area (Å²) >= 11 is 1.04. The van der Waals surface area contributed by atoms with Crippen LogP contribution in [0.25, 0.3) is 0 Å². The minimum atomic E-state index is -3.78. The molecule has 0 saturated heterocycles. The van der Waals surface area contributed by atoms with Crippen LogP contribution in [0.4, 0.5) is 10.8 Å². The molecule has 0 saturated carbocycles. The van der Waals surface area contributed by atoms with Gasteiger partial charge in [-0.1, -0.05) is 24.3 Å². The van der Waals surface area contributed by atoms with Gasteiger partial charge in [0.2, 0.25) is 5.91 Å². The maximum atomic E-state index is 12.3. The molecule has 9 nitrogen and oxygen atoms in total. The highest BCUT2D eigenvalue weighted by molar-refractivity contribution is 7.93. The average Bonchev–Trinajstić information content (AvgIpc) is 3.15. The number of carbonyl (C=O) groups excluding carboxylic acids is 2. The summed E-state index contributed by atoms with van der Waals surface area (Å²) in [6.07, 6.45) is -0.161. The predicted octanol–water partition coefficient (Wildman–Crippen LogP) is 2.62. The number of methoxy groups -OCH3 is 1. The number of rotatable bonds is 7. The first-order valence-corrected chi connectivity index (χ1v) is 10.9. The van der Waals surface area contributed by atoms with Crippen molar-refractivity contribution < 1.29 is 27.9 Å². The summed E-state index contributed by atoms with van der Waals surface area (Å²) in [7, 11) is -2.60. The molecular weight excluding hydrogens is 430 g/mol. The SMILES string of the molecule is COC(=O)c1cccc(NC(=O)Cc2csc(NS(=O)(=O)c3ccccc3)n2)c1O. The zero-order chi connectivity index (χ0) is 21.7. The zero-order valence-electron chi connectivity index (χ0n) is 15.7. The van der Waals surface area contributed by atoms with Gasteiger partial charge < -0.3 is 15.2 Å². The predicted molar refractivity (Wildman–Crippen MR) is 111 cm³/mol. The quantitative estimate of drug-likeness (QED) is 0.374. The van der Waals surface area contributed by atoms with Gasteiger partial charge in [0.05, 0.1) is 29.8 Å². The molecule has 1 amide bonds. The van der Waals surface area contributed by atoms with Crippen molar-refractivity contribution in [2.24, 2.45) is 0 Å². The van der Waals surface area contributed by atoms with E-state index in [1.54, 1.807) is 23.6 Å². The van der Waals surface area contributed by atoms with Crippen LogP contribution in [0.5, 0.6) is 5.75 Å². The number of esters is 1. The van der Waals surface area contributed by atoms with Gasteiger partial charge in [0.1, 0.15) is 5.56 Å². The summed E-state index contributed by atoms with van der Waals surface area (Å²) in [5.74, 6) is -1.65. The number of anilines is 2. The van der Waals surface area contributed by atoms with Crippen LogP contribution in [-0.2, 0) is 26.0 Å². The fraction of sp³-hybridized carbons (Fsp3) is 0.105. The Morgan fingerprint density at radius 3 is 2.57 bits per heavy atom. The van der Waals surface area contributed by atoms with Gasteiger partial charge in [-0.15, -0.1) is 11.3 Å². The summed E-state index contributed by atoms with van der Waals surface area (Å²) in [5, 5.41) is 14.3. The minimum absolute atomic E-state index is 0.0446. The Labute approximate surface area is 176 Å². The standard InChI is InChI=1S/C19H17N3O6S2/c1-28-18(25)14-8-5-9-15(17(14)24)21-16(23)10-12-11-29-19(20-12)22-30(26,27)13-6-3-2-4-7-13/h2-9,11,24H,10H2,1H3,(H,20,22)(H,21,23). The molecule has 0 spiro atoms. The van der Waals surface area contributed by atoms with Crippen LogP contribution >= 0.6 is 11.3 Å². The number of phenols is 1. The Balaban J connectivity index is 1.67. The van der Waals surface area contributed by atoms with Gasteiger partial charge in [-0.2, -0.15) is 0 Å². The van der Waals surface area contributed by atoms with Crippen molar-refractivity contribution >= 4 is 44.1 Å². The number of aromatic hydroxyl groups is 1. The second-order valence-electron chi connectivity index (χ2n) is 5.98. The first-order valence-electron chi connectivity index (χ1n) is 8.52. The molecule has 11 heteroatoms. The van der Waals surface area contributed by atoms with E-state index in [0.717, 1.165) is 11.3 Å². The van der Waals surface area contributed by atoms with Gasteiger partial charge in [-0.3, -0.25) is 9.52 Å². The van der Waals surface area contributed by atoms with Crippen LogP contribution in [0.15, 0.2) is 58.8 Å². The molecule has 0 aliphatic carbocycles. The van der Waals surface area contributed by atoms with Crippen LogP contribution in [0.2, 0.25) is 0 Å². The van der Waals surface area contributed by atoms with E-state index >= 15 is 0 Å². The fourth-order valence-corrected chi connectivity index (χ4v) is 4.47. The van der Waals surface area contributed by atoms with E-state index in [2.05, 4.69) is 19.8 Å². The molecule has 30 heavy (non-hydrogen) atoms. The lowest BCUT2D eigenvalue weighted by Crippen LogP contribution is -2.16. The van der Waals surface area contributed by atoms with E-state index in [1.807, 2.05) is 0 Å². The number of nitrogens with zero attached hydrogens (tertiary/aromatic N) is 1. The molecular formula is C19H17N3O6S2. The first kappa shape index (κ1) is 21.3. The third kappa shape index (κ3) is 4.93. The fourth-order valence-electron chi connectivity index (χ4n) is 2.49. The number of sulfonamides is 1. The Bertz CT molecular complexity index is 1180. The summed E-state index contributed by atoms with van der Waals surface area (Å²) in [6, 6.07) is 12.1. The number of hydrogen-bond acceptors (Lipinski definition) is 8. The molecule has 156 valence electrons. The smallest absolute Gasteiger partial charge is 0.341 e. The molecule has 0 aliphatic rings. The number of thiazole rings is 1. The molecule has 2 aromatic carbocycles. The van der Waals surface area contributed by atoms with E-state index in [-0.39, 0.29) is 27.7 Å². The van der Waals surface area contributed by atoms with Crippen molar-refractivity contribution in [1.82, 2.24) is 4.98 Å². The summed E-state index contributed by atoms with van der Waals surface area (Å²) in [4.78, 5) is 28.1. The van der Waals surface area contributed by atoms with Gasteiger partial charge in [0.15, 0.2) is 10.9 Å². The molecule has 3 N–H and O–H groups in total.